The smallest absolute Gasteiger partial charge is 0.310 e. The molecule has 0 saturated carbocycles. The van der Waals surface area contributed by atoms with Crippen LogP contribution in [0.3, 0.4) is 0 Å². The number of amides is 1. The fraction of sp³-hybridized carbons (Fsp3) is 0.833. The summed E-state index contributed by atoms with van der Waals surface area (Å²) >= 11 is 0. The first-order valence-electron chi connectivity index (χ1n) is 6.14. The third-order valence-electron chi connectivity index (χ3n) is 3.18. The summed E-state index contributed by atoms with van der Waals surface area (Å²) in [6, 6.07) is 0. The summed E-state index contributed by atoms with van der Waals surface area (Å²) in [5, 5.41) is 8.72. The van der Waals surface area contributed by atoms with Crippen LogP contribution in [0.15, 0.2) is 0 Å². The lowest BCUT2D eigenvalue weighted by molar-refractivity contribution is -0.153. The van der Waals surface area contributed by atoms with E-state index in [4.69, 9.17) is 10.8 Å². The van der Waals surface area contributed by atoms with Crippen LogP contribution in [0.2, 0.25) is 0 Å². The van der Waals surface area contributed by atoms with E-state index in [0.29, 0.717) is 32.0 Å². The van der Waals surface area contributed by atoms with E-state index in [0.717, 1.165) is 6.42 Å². The first-order chi connectivity index (χ1) is 7.93. The Balaban J connectivity index is 2.32. The van der Waals surface area contributed by atoms with E-state index >= 15 is 0 Å². The number of carboxylic acid groups (broad SMARTS) is 1. The average Bonchev–Trinajstić information content (AvgIpc) is 2.12. The molecular weight excluding hydrogens is 220 g/mol. The second-order valence-corrected chi connectivity index (χ2v) is 5.27. The molecule has 1 atom stereocenters. The fourth-order valence-electron chi connectivity index (χ4n) is 2.14. The Bertz CT molecular complexity index is 285. The maximum Gasteiger partial charge on any atom is 0.310 e. The minimum Gasteiger partial charge on any atom is -0.481 e. The van der Waals surface area contributed by atoms with Crippen molar-refractivity contribution in [2.24, 2.45) is 23.5 Å². The molecule has 98 valence electrons. The number of carbonyl (C=O) groups is 2. The normalized spacial score (nSPS) is 18.0. The maximum absolute atomic E-state index is 11.8. The largest absolute Gasteiger partial charge is 0.481 e. The van der Waals surface area contributed by atoms with Crippen LogP contribution in [0.1, 0.15) is 26.7 Å². The average molecular weight is 242 g/mol. The third kappa shape index (κ3) is 4.00. The predicted octanol–water partition coefficient (Wildman–Crippen LogP) is 0.541. The van der Waals surface area contributed by atoms with Crippen molar-refractivity contribution in [3.63, 3.8) is 0 Å². The molecule has 5 heteroatoms. The van der Waals surface area contributed by atoms with Crippen LogP contribution in [0.4, 0.5) is 0 Å². The van der Waals surface area contributed by atoms with E-state index in [2.05, 4.69) is 13.8 Å². The molecule has 5 nitrogen and oxygen atoms in total. The molecule has 1 aliphatic rings. The minimum absolute atomic E-state index is 0.0404. The fourth-order valence-corrected chi connectivity index (χ4v) is 2.14. The van der Waals surface area contributed by atoms with Crippen molar-refractivity contribution in [3.8, 4) is 0 Å². The minimum atomic E-state index is -0.813. The zero-order valence-corrected chi connectivity index (χ0v) is 10.6. The molecule has 0 aromatic carbocycles. The third-order valence-corrected chi connectivity index (χ3v) is 3.18. The Hall–Kier alpha value is -1.10. The summed E-state index contributed by atoms with van der Waals surface area (Å²) in [5.74, 6) is -0.406. The van der Waals surface area contributed by atoms with Gasteiger partial charge in [0.15, 0.2) is 0 Å². The Morgan fingerprint density at radius 2 is 2.00 bits per heavy atom. The van der Waals surface area contributed by atoms with Gasteiger partial charge in [0.1, 0.15) is 0 Å². The Kier molecular flexibility index (Phi) is 4.93. The van der Waals surface area contributed by atoms with Crippen LogP contribution in [0, 0.1) is 17.8 Å². The number of aliphatic carboxylic acids is 1. The van der Waals surface area contributed by atoms with E-state index in [1.54, 1.807) is 4.90 Å². The number of carboxylic acids is 1. The van der Waals surface area contributed by atoms with Crippen molar-refractivity contribution in [2.75, 3.05) is 19.6 Å². The van der Waals surface area contributed by atoms with Crippen molar-refractivity contribution in [1.82, 2.24) is 4.90 Å². The second-order valence-electron chi connectivity index (χ2n) is 5.27. The van der Waals surface area contributed by atoms with Crippen LogP contribution >= 0.6 is 0 Å². The summed E-state index contributed by atoms with van der Waals surface area (Å²) in [7, 11) is 0. The van der Waals surface area contributed by atoms with Crippen molar-refractivity contribution >= 4 is 11.9 Å². The topological polar surface area (TPSA) is 83.6 Å². The van der Waals surface area contributed by atoms with Crippen LogP contribution < -0.4 is 5.73 Å². The Morgan fingerprint density at radius 3 is 2.41 bits per heavy atom. The van der Waals surface area contributed by atoms with Crippen LogP contribution in [-0.4, -0.2) is 41.5 Å². The van der Waals surface area contributed by atoms with Crippen LogP contribution in [-0.2, 0) is 9.59 Å². The van der Waals surface area contributed by atoms with Gasteiger partial charge in [-0.25, -0.2) is 0 Å². The highest BCUT2D eigenvalue weighted by atomic mass is 16.4. The van der Waals surface area contributed by atoms with E-state index in [9.17, 15) is 9.59 Å². The van der Waals surface area contributed by atoms with Crippen molar-refractivity contribution < 1.29 is 14.7 Å². The second kappa shape index (κ2) is 6.00. The van der Waals surface area contributed by atoms with E-state index in [-0.39, 0.29) is 17.7 Å². The van der Waals surface area contributed by atoms with Crippen molar-refractivity contribution in [1.29, 1.82) is 0 Å². The molecule has 17 heavy (non-hydrogen) atoms. The molecule has 0 bridgehead atoms. The molecule has 1 rings (SSSR count). The first kappa shape index (κ1) is 14.0. The maximum atomic E-state index is 11.8. The van der Waals surface area contributed by atoms with Gasteiger partial charge in [-0.2, -0.15) is 0 Å². The highest BCUT2D eigenvalue weighted by molar-refractivity contribution is 5.81. The zero-order chi connectivity index (χ0) is 13.0. The molecule has 1 aliphatic heterocycles. The van der Waals surface area contributed by atoms with Gasteiger partial charge in [-0.15, -0.1) is 0 Å². The molecule has 1 saturated heterocycles. The molecule has 1 amide bonds. The summed E-state index contributed by atoms with van der Waals surface area (Å²) in [6.07, 6.45) is 1.39. The monoisotopic (exact) mass is 242 g/mol. The Morgan fingerprint density at radius 1 is 1.41 bits per heavy atom. The van der Waals surface area contributed by atoms with Gasteiger partial charge in [0, 0.05) is 19.5 Å². The van der Waals surface area contributed by atoms with Crippen LogP contribution in [0.25, 0.3) is 0 Å². The van der Waals surface area contributed by atoms with E-state index in [1.165, 1.54) is 0 Å². The predicted molar refractivity (Wildman–Crippen MR) is 64.3 cm³/mol. The van der Waals surface area contributed by atoms with Gasteiger partial charge >= 0.3 is 5.97 Å². The molecule has 0 aromatic rings. The first-order valence-corrected chi connectivity index (χ1v) is 6.14. The highest BCUT2D eigenvalue weighted by Crippen LogP contribution is 2.20. The van der Waals surface area contributed by atoms with Gasteiger partial charge in [0.25, 0.3) is 0 Å². The molecule has 0 spiro atoms. The molecule has 3 N–H and O–H groups in total. The van der Waals surface area contributed by atoms with Gasteiger partial charge in [0.2, 0.25) is 5.91 Å². The molecule has 1 unspecified atom stereocenters. The van der Waals surface area contributed by atoms with Crippen LogP contribution in [0.5, 0.6) is 0 Å². The summed E-state index contributed by atoms with van der Waals surface area (Å²) in [6.45, 7) is 5.44. The van der Waals surface area contributed by atoms with Crippen molar-refractivity contribution in [3.05, 3.63) is 0 Å². The lowest BCUT2D eigenvalue weighted by Crippen LogP contribution is -2.53. The van der Waals surface area contributed by atoms with Gasteiger partial charge in [-0.1, -0.05) is 13.8 Å². The number of hydrogen-bond acceptors (Lipinski definition) is 3. The molecular formula is C12H22N2O3. The highest BCUT2D eigenvalue weighted by Gasteiger charge is 2.35. The van der Waals surface area contributed by atoms with Gasteiger partial charge in [-0.05, 0) is 24.8 Å². The van der Waals surface area contributed by atoms with Gasteiger partial charge in [-0.3, -0.25) is 9.59 Å². The standard InChI is InChI=1S/C12H22N2O3/c1-8(2)3-9(5-13)4-11(15)14-6-10(7-14)12(16)17/h8-10H,3-7,13H2,1-2H3,(H,16,17). The van der Waals surface area contributed by atoms with Gasteiger partial charge in [0.05, 0.1) is 5.92 Å². The summed E-state index contributed by atoms with van der Waals surface area (Å²) < 4.78 is 0. The Labute approximate surface area is 102 Å². The summed E-state index contributed by atoms with van der Waals surface area (Å²) in [5.41, 5.74) is 5.64. The molecule has 0 radical (unpaired) electrons. The zero-order valence-electron chi connectivity index (χ0n) is 10.6. The number of carbonyl (C=O) groups excluding carboxylic acids is 1. The molecule has 1 heterocycles. The number of nitrogens with two attached hydrogens (primary N) is 1. The summed E-state index contributed by atoms with van der Waals surface area (Å²) in [4.78, 5) is 24.1. The number of rotatable bonds is 6. The number of nitrogens with zero attached hydrogens (tertiary/aromatic N) is 1. The molecule has 0 aromatic heterocycles. The quantitative estimate of drug-likeness (QED) is 0.712. The SMILES string of the molecule is CC(C)CC(CN)CC(=O)N1CC(C(=O)O)C1. The molecule has 1 fully saturated rings. The molecule has 0 aliphatic carbocycles. The van der Waals surface area contributed by atoms with E-state index < -0.39 is 5.97 Å². The lowest BCUT2D eigenvalue weighted by atomic mass is 9.92. The van der Waals surface area contributed by atoms with Gasteiger partial charge < -0.3 is 15.7 Å². The number of hydrogen-bond donors (Lipinski definition) is 2. The van der Waals surface area contributed by atoms with E-state index in [1.807, 2.05) is 0 Å². The lowest BCUT2D eigenvalue weighted by Gasteiger charge is -2.37. The van der Waals surface area contributed by atoms with Crippen molar-refractivity contribution in [2.45, 2.75) is 26.7 Å². The number of likely N-dealkylation sites (tertiary alicyclic amines) is 1.